The smallest absolute Gasteiger partial charge is 0.253 e. The van der Waals surface area contributed by atoms with Crippen LogP contribution in [0.15, 0.2) is 58.4 Å². The molecule has 0 bridgehead atoms. The number of aromatic nitrogens is 1. The Labute approximate surface area is 150 Å². The molecule has 0 unspecified atom stereocenters. The molecule has 0 saturated carbocycles. The van der Waals surface area contributed by atoms with Gasteiger partial charge in [-0.2, -0.15) is 0 Å². The van der Waals surface area contributed by atoms with Gasteiger partial charge in [0.1, 0.15) is 18.0 Å². The van der Waals surface area contributed by atoms with Gasteiger partial charge in [-0.05, 0) is 29.8 Å². The van der Waals surface area contributed by atoms with Crippen molar-refractivity contribution in [2.24, 2.45) is 0 Å². The summed E-state index contributed by atoms with van der Waals surface area (Å²) >= 11 is 0. The molecule has 2 aromatic carbocycles. The lowest BCUT2D eigenvalue weighted by molar-refractivity contribution is 0.306. The fourth-order valence-corrected chi connectivity index (χ4v) is 2.50. The Morgan fingerprint density at radius 1 is 0.923 bits per heavy atom. The number of benzene rings is 1. The third-order valence-corrected chi connectivity index (χ3v) is 3.86. The first-order valence-electron chi connectivity index (χ1n) is 8.16. The van der Waals surface area contributed by atoms with Gasteiger partial charge in [-0.15, -0.1) is 0 Å². The molecule has 0 radical (unpaired) electrons. The van der Waals surface area contributed by atoms with Crippen LogP contribution >= 0.6 is 0 Å². The molecule has 7 nitrogen and oxygen atoms in total. The highest BCUT2D eigenvalue weighted by Gasteiger charge is 2.20. The third kappa shape index (κ3) is 3.83. The molecule has 7 heteroatoms. The zero-order valence-corrected chi connectivity index (χ0v) is 14.3. The highest BCUT2D eigenvalue weighted by molar-refractivity contribution is 5.73. The van der Waals surface area contributed by atoms with Crippen molar-refractivity contribution in [2.45, 2.75) is 6.54 Å². The summed E-state index contributed by atoms with van der Waals surface area (Å²) in [5.41, 5.74) is 0.557. The molecule has 0 fully saturated rings. The van der Waals surface area contributed by atoms with Gasteiger partial charge in [-0.3, -0.25) is 14.6 Å². The van der Waals surface area contributed by atoms with Crippen molar-refractivity contribution in [3.05, 3.63) is 74.8 Å². The minimum absolute atomic E-state index is 0.299. The average molecular weight is 353 g/mol. The Hall–Kier alpha value is -3.35. The number of anilines is 2. The Bertz CT molecular complexity index is 934. The Kier molecular flexibility index (Phi) is 5.48. The molecule has 0 spiro atoms. The van der Waals surface area contributed by atoms with Crippen LogP contribution in [0.4, 0.5) is 11.4 Å². The van der Waals surface area contributed by atoms with Gasteiger partial charge in [0.25, 0.3) is 10.9 Å². The van der Waals surface area contributed by atoms with Gasteiger partial charge in [0.05, 0.1) is 7.11 Å². The number of ether oxygens (including phenoxy) is 2. The maximum atomic E-state index is 11.8. The molecule has 0 aliphatic carbocycles. The number of methoxy groups -OCH3 is 1. The quantitative estimate of drug-likeness (QED) is 0.448. The molecule has 1 heterocycles. The van der Waals surface area contributed by atoms with E-state index in [4.69, 9.17) is 9.47 Å². The van der Waals surface area contributed by atoms with Crippen LogP contribution in [0, 0.1) is 0 Å². The van der Waals surface area contributed by atoms with Crippen LogP contribution in [0.1, 0.15) is 5.56 Å². The van der Waals surface area contributed by atoms with Crippen LogP contribution in [-0.2, 0) is 6.54 Å². The van der Waals surface area contributed by atoms with Crippen molar-refractivity contribution in [1.29, 1.82) is 0 Å². The van der Waals surface area contributed by atoms with E-state index in [0.29, 0.717) is 42.6 Å². The van der Waals surface area contributed by atoms with Gasteiger partial charge in [0, 0.05) is 25.5 Å². The zero-order chi connectivity index (χ0) is 18.4. The summed E-state index contributed by atoms with van der Waals surface area (Å²) in [4.78, 5) is 27.5. The molecule has 0 aliphatic rings. The van der Waals surface area contributed by atoms with Crippen molar-refractivity contribution >= 4 is 11.4 Å². The van der Waals surface area contributed by atoms with Gasteiger partial charge >= 0.3 is 0 Å². The fourth-order valence-electron chi connectivity index (χ4n) is 2.50. The van der Waals surface area contributed by atoms with E-state index >= 15 is 0 Å². The van der Waals surface area contributed by atoms with E-state index in [1.54, 1.807) is 31.6 Å². The van der Waals surface area contributed by atoms with E-state index in [9.17, 15) is 9.59 Å². The van der Waals surface area contributed by atoms with Crippen molar-refractivity contribution < 1.29 is 9.47 Å². The number of nitrogens with zero attached hydrogens (tertiary/aromatic N) is 1. The second-order valence-electron chi connectivity index (χ2n) is 5.54. The van der Waals surface area contributed by atoms with Crippen LogP contribution in [-0.4, -0.2) is 25.2 Å². The van der Waals surface area contributed by atoms with Gasteiger partial charge in [-0.25, -0.2) is 0 Å². The Morgan fingerprint density at radius 2 is 1.58 bits per heavy atom. The first kappa shape index (κ1) is 17.5. The molecular formula is C19H19N3O4. The van der Waals surface area contributed by atoms with E-state index in [0.717, 1.165) is 5.56 Å². The lowest BCUT2D eigenvalue weighted by Crippen LogP contribution is -2.38. The molecule has 0 amide bonds. The number of hydrogen-bond donors (Lipinski definition) is 2. The molecule has 3 aromatic rings. The number of para-hydroxylation sites is 2. The number of hydrogen-bond acceptors (Lipinski definition) is 7. The summed E-state index contributed by atoms with van der Waals surface area (Å²) in [6.07, 6.45) is 3.35. The van der Waals surface area contributed by atoms with E-state index in [1.165, 1.54) is 0 Å². The van der Waals surface area contributed by atoms with Crippen molar-refractivity contribution in [3.63, 3.8) is 0 Å². The third-order valence-electron chi connectivity index (χ3n) is 3.86. The van der Waals surface area contributed by atoms with Gasteiger partial charge in [0.2, 0.25) is 0 Å². The number of pyridine rings is 1. The largest absolute Gasteiger partial charge is 0.493 e. The highest BCUT2D eigenvalue weighted by Crippen LogP contribution is 2.25. The standard InChI is InChI=1S/C19H19N3O4/c1-25-14-4-2-3-5-15(14)26-11-10-21-16-17(19(24)18(16)23)22-12-13-6-8-20-9-7-13/h2-9,21-22H,10-12H2,1H3. The SMILES string of the molecule is COc1ccccc1OCCNc1c(NCc2ccncc2)c(=O)c1=O. The average Bonchev–Trinajstić information content (AvgIpc) is 2.70. The van der Waals surface area contributed by atoms with E-state index in [-0.39, 0.29) is 0 Å². The molecule has 1 aromatic heterocycles. The lowest BCUT2D eigenvalue weighted by Gasteiger charge is -2.15. The summed E-state index contributed by atoms with van der Waals surface area (Å²) in [7, 11) is 1.57. The summed E-state index contributed by atoms with van der Waals surface area (Å²) in [5.74, 6) is 1.26. The van der Waals surface area contributed by atoms with Crippen LogP contribution in [0.5, 0.6) is 11.5 Å². The van der Waals surface area contributed by atoms with Gasteiger partial charge in [0.15, 0.2) is 11.5 Å². The number of nitrogens with one attached hydrogen (secondary N) is 2. The fraction of sp³-hybridized carbons (Fsp3) is 0.211. The van der Waals surface area contributed by atoms with Crippen molar-refractivity contribution in [3.8, 4) is 11.5 Å². The first-order valence-corrected chi connectivity index (χ1v) is 8.16. The molecule has 2 N–H and O–H groups in total. The second kappa shape index (κ2) is 8.15. The first-order chi connectivity index (χ1) is 12.7. The van der Waals surface area contributed by atoms with Crippen molar-refractivity contribution in [1.82, 2.24) is 4.98 Å². The molecule has 0 saturated heterocycles. The minimum Gasteiger partial charge on any atom is -0.493 e. The molecular weight excluding hydrogens is 334 g/mol. The Balaban J connectivity index is 1.53. The van der Waals surface area contributed by atoms with Crippen LogP contribution in [0.25, 0.3) is 0 Å². The topological polar surface area (TPSA) is 89.6 Å². The summed E-state index contributed by atoms with van der Waals surface area (Å²) in [6, 6.07) is 11.0. The maximum Gasteiger partial charge on any atom is 0.253 e. The van der Waals surface area contributed by atoms with Crippen LogP contribution in [0.3, 0.4) is 0 Å². The molecule has 0 atom stereocenters. The minimum atomic E-state index is -0.514. The Morgan fingerprint density at radius 3 is 2.27 bits per heavy atom. The molecule has 3 rings (SSSR count). The van der Waals surface area contributed by atoms with Crippen molar-refractivity contribution in [2.75, 3.05) is 30.9 Å². The van der Waals surface area contributed by atoms with Crippen LogP contribution in [0.2, 0.25) is 0 Å². The second-order valence-corrected chi connectivity index (χ2v) is 5.54. The molecule has 0 aliphatic heterocycles. The van der Waals surface area contributed by atoms with Gasteiger partial charge in [-0.1, -0.05) is 12.1 Å². The highest BCUT2D eigenvalue weighted by atomic mass is 16.5. The molecule has 134 valence electrons. The van der Waals surface area contributed by atoms with E-state index in [1.807, 2.05) is 24.3 Å². The summed E-state index contributed by atoms with van der Waals surface area (Å²) < 4.78 is 10.8. The van der Waals surface area contributed by atoms with E-state index < -0.39 is 10.9 Å². The van der Waals surface area contributed by atoms with Crippen LogP contribution < -0.4 is 31.0 Å². The predicted molar refractivity (Wildman–Crippen MR) is 99.9 cm³/mol. The summed E-state index contributed by atoms with van der Waals surface area (Å²) in [5, 5.41) is 5.96. The van der Waals surface area contributed by atoms with E-state index in [2.05, 4.69) is 15.6 Å². The zero-order valence-electron chi connectivity index (χ0n) is 14.3. The maximum absolute atomic E-state index is 11.8. The summed E-state index contributed by atoms with van der Waals surface area (Å²) in [6.45, 7) is 1.15. The molecule has 26 heavy (non-hydrogen) atoms. The normalized spacial score (nSPS) is 10.5. The number of rotatable bonds is 9. The lowest BCUT2D eigenvalue weighted by atomic mass is 10.1. The van der Waals surface area contributed by atoms with Gasteiger partial charge < -0.3 is 20.1 Å². The predicted octanol–water partition coefficient (Wildman–Crippen LogP) is 1.79. The monoisotopic (exact) mass is 353 g/mol.